The molecule has 0 amide bonds. The van der Waals surface area contributed by atoms with Gasteiger partial charge in [0.1, 0.15) is 0 Å². The van der Waals surface area contributed by atoms with Gasteiger partial charge in [0.05, 0.1) is 23.3 Å². The molecule has 2 heterocycles. The van der Waals surface area contributed by atoms with Crippen molar-refractivity contribution in [3.05, 3.63) is 99.9 Å². The van der Waals surface area contributed by atoms with Crippen LogP contribution in [0.3, 0.4) is 0 Å². The first-order valence-corrected chi connectivity index (χ1v) is 10.5. The van der Waals surface area contributed by atoms with E-state index in [0.717, 1.165) is 40.3 Å². The third-order valence-corrected chi connectivity index (χ3v) is 5.90. The molecular weight excluding hydrogens is 376 g/mol. The zero-order valence-electron chi connectivity index (χ0n) is 16.1. The molecule has 0 saturated carbocycles. The van der Waals surface area contributed by atoms with Crippen LogP contribution < -0.4 is 4.80 Å². The van der Waals surface area contributed by atoms with Gasteiger partial charge < -0.3 is 0 Å². The molecule has 0 saturated heterocycles. The summed E-state index contributed by atoms with van der Waals surface area (Å²) in [5, 5.41) is 7.21. The first-order chi connectivity index (χ1) is 14.3. The van der Waals surface area contributed by atoms with Gasteiger partial charge in [0.2, 0.25) is 4.80 Å². The number of hydrogen-bond acceptors (Lipinski definition) is 4. The van der Waals surface area contributed by atoms with E-state index >= 15 is 0 Å². The molecule has 142 valence electrons. The average Bonchev–Trinajstić information content (AvgIpc) is 3.35. The monoisotopic (exact) mass is 396 g/mol. The molecule has 1 aliphatic carbocycles. The topological polar surface area (TPSA) is 42.5 Å². The van der Waals surface area contributed by atoms with Gasteiger partial charge in [0, 0.05) is 22.7 Å². The van der Waals surface area contributed by atoms with Gasteiger partial charge in [-0.1, -0.05) is 54.1 Å². The van der Waals surface area contributed by atoms with Crippen LogP contribution in [0.15, 0.2) is 88.5 Å². The smallest absolute Gasteiger partial charge is 0.211 e. The summed E-state index contributed by atoms with van der Waals surface area (Å²) < 4.78 is 1.99. The van der Waals surface area contributed by atoms with Crippen molar-refractivity contribution < 1.29 is 0 Å². The van der Waals surface area contributed by atoms with Crippen molar-refractivity contribution in [3.63, 3.8) is 0 Å². The first kappa shape index (κ1) is 17.8. The second-order valence-electron chi connectivity index (χ2n) is 7.11. The van der Waals surface area contributed by atoms with E-state index in [4.69, 9.17) is 10.1 Å². The molecule has 1 aliphatic rings. The first-order valence-electron chi connectivity index (χ1n) is 9.66. The Kier molecular flexibility index (Phi) is 4.66. The molecule has 2 aromatic heterocycles. The number of hydrogen-bond donors (Lipinski definition) is 0. The van der Waals surface area contributed by atoms with Crippen LogP contribution in [0.4, 0.5) is 5.69 Å². The lowest BCUT2D eigenvalue weighted by Gasteiger charge is -2.06. The summed E-state index contributed by atoms with van der Waals surface area (Å²) in [7, 11) is 0. The van der Waals surface area contributed by atoms with E-state index in [0.29, 0.717) is 0 Å². The molecule has 0 unspecified atom stereocenters. The second-order valence-corrected chi connectivity index (χ2v) is 7.94. The normalized spacial score (nSPS) is 15.1. The SMILES string of the molecule is Cc1ccc(-c2csc(=Nc3cccnc3)n2N=C2CCc3ccccc32)cc1. The fourth-order valence-corrected chi connectivity index (χ4v) is 4.41. The Bertz CT molecular complexity index is 1250. The summed E-state index contributed by atoms with van der Waals surface area (Å²) in [6.45, 7) is 2.10. The average molecular weight is 397 g/mol. The molecule has 0 N–H and O–H groups in total. The largest absolute Gasteiger partial charge is 0.262 e. The van der Waals surface area contributed by atoms with Crippen molar-refractivity contribution in [2.24, 2.45) is 10.1 Å². The van der Waals surface area contributed by atoms with Crippen LogP contribution >= 0.6 is 11.3 Å². The molecule has 4 aromatic rings. The molecule has 0 fully saturated rings. The minimum atomic E-state index is 0.825. The maximum Gasteiger partial charge on any atom is 0.211 e. The number of rotatable bonds is 3. The summed E-state index contributed by atoms with van der Waals surface area (Å²) in [4.78, 5) is 9.84. The number of benzene rings is 2. The van der Waals surface area contributed by atoms with Crippen molar-refractivity contribution >= 4 is 22.7 Å². The summed E-state index contributed by atoms with van der Waals surface area (Å²) in [5.41, 5.74) is 7.97. The number of thiazole rings is 1. The number of pyridine rings is 1. The standard InChI is InChI=1S/C24H20N4S/c1-17-8-10-19(11-9-17)23-16-29-24(26-20-6-4-14-25-15-20)28(23)27-22-13-12-18-5-2-3-7-21(18)22/h2-11,14-16H,12-13H2,1H3. The molecule has 5 rings (SSSR count). The fourth-order valence-electron chi connectivity index (χ4n) is 3.56. The molecule has 5 heteroatoms. The highest BCUT2D eigenvalue weighted by atomic mass is 32.1. The zero-order valence-corrected chi connectivity index (χ0v) is 16.9. The van der Waals surface area contributed by atoms with Crippen molar-refractivity contribution in [3.8, 4) is 11.3 Å². The lowest BCUT2D eigenvalue weighted by atomic mass is 10.1. The molecular formula is C24H20N4S. The van der Waals surface area contributed by atoms with Crippen LogP contribution in [0.2, 0.25) is 0 Å². The van der Waals surface area contributed by atoms with Gasteiger partial charge in [-0.25, -0.2) is 9.67 Å². The molecule has 0 bridgehead atoms. The zero-order chi connectivity index (χ0) is 19.6. The van der Waals surface area contributed by atoms with Crippen LogP contribution in [-0.4, -0.2) is 15.4 Å². The van der Waals surface area contributed by atoms with Gasteiger partial charge in [-0.15, -0.1) is 11.3 Å². The molecule has 4 nitrogen and oxygen atoms in total. The Morgan fingerprint density at radius 3 is 2.66 bits per heavy atom. The van der Waals surface area contributed by atoms with Crippen LogP contribution in [0, 0.1) is 6.92 Å². The van der Waals surface area contributed by atoms with E-state index in [2.05, 4.69) is 65.8 Å². The van der Waals surface area contributed by atoms with Crippen molar-refractivity contribution in [2.75, 3.05) is 0 Å². The van der Waals surface area contributed by atoms with Gasteiger partial charge in [0.15, 0.2) is 0 Å². The van der Waals surface area contributed by atoms with Gasteiger partial charge in [-0.3, -0.25) is 4.98 Å². The van der Waals surface area contributed by atoms with Crippen LogP contribution in [0.25, 0.3) is 11.3 Å². The van der Waals surface area contributed by atoms with Gasteiger partial charge in [-0.2, -0.15) is 5.10 Å². The lowest BCUT2D eigenvalue weighted by molar-refractivity contribution is 0.843. The summed E-state index contributed by atoms with van der Waals surface area (Å²) in [6.07, 6.45) is 5.51. The van der Waals surface area contributed by atoms with Crippen LogP contribution in [0.5, 0.6) is 0 Å². The van der Waals surface area contributed by atoms with E-state index in [1.54, 1.807) is 23.7 Å². The molecule has 29 heavy (non-hydrogen) atoms. The van der Waals surface area contributed by atoms with E-state index in [9.17, 15) is 0 Å². The number of aromatic nitrogens is 2. The highest BCUT2D eigenvalue weighted by Crippen LogP contribution is 2.25. The Morgan fingerprint density at radius 2 is 1.83 bits per heavy atom. The van der Waals surface area contributed by atoms with Crippen LogP contribution in [-0.2, 0) is 6.42 Å². The minimum Gasteiger partial charge on any atom is -0.262 e. The van der Waals surface area contributed by atoms with Gasteiger partial charge in [-0.05, 0) is 37.5 Å². The van der Waals surface area contributed by atoms with E-state index in [1.807, 2.05) is 16.8 Å². The molecule has 0 atom stereocenters. The predicted octanol–water partition coefficient (Wildman–Crippen LogP) is 5.35. The number of fused-ring (bicyclic) bond motifs is 1. The van der Waals surface area contributed by atoms with E-state index in [1.165, 1.54) is 16.7 Å². The maximum atomic E-state index is 5.08. The Labute approximate surface area is 173 Å². The Balaban J connectivity index is 1.69. The molecule has 0 radical (unpaired) electrons. The summed E-state index contributed by atoms with van der Waals surface area (Å²) >= 11 is 1.60. The van der Waals surface area contributed by atoms with Crippen molar-refractivity contribution in [1.82, 2.24) is 9.66 Å². The number of nitrogens with zero attached hydrogens (tertiary/aromatic N) is 4. The third-order valence-electron chi connectivity index (χ3n) is 5.08. The fraction of sp³-hybridized carbons (Fsp3) is 0.125. The third kappa shape index (κ3) is 3.57. The van der Waals surface area contributed by atoms with Gasteiger partial charge in [0.25, 0.3) is 0 Å². The van der Waals surface area contributed by atoms with E-state index in [-0.39, 0.29) is 0 Å². The second kappa shape index (κ2) is 7.60. The highest BCUT2D eigenvalue weighted by Gasteiger charge is 2.18. The predicted molar refractivity (Wildman–Crippen MR) is 119 cm³/mol. The van der Waals surface area contributed by atoms with Crippen molar-refractivity contribution in [1.29, 1.82) is 0 Å². The highest BCUT2D eigenvalue weighted by molar-refractivity contribution is 7.07. The Hall–Kier alpha value is -3.31. The van der Waals surface area contributed by atoms with Crippen molar-refractivity contribution in [2.45, 2.75) is 19.8 Å². The molecule has 2 aromatic carbocycles. The summed E-state index contributed by atoms with van der Waals surface area (Å²) in [5.74, 6) is 0. The van der Waals surface area contributed by atoms with E-state index < -0.39 is 0 Å². The lowest BCUT2D eigenvalue weighted by Crippen LogP contribution is -2.14. The van der Waals surface area contributed by atoms with Crippen LogP contribution in [0.1, 0.15) is 23.1 Å². The number of aryl methyl sites for hydroxylation is 2. The Morgan fingerprint density at radius 1 is 0.966 bits per heavy atom. The maximum absolute atomic E-state index is 5.08. The molecule has 0 aliphatic heterocycles. The molecule has 0 spiro atoms. The quantitative estimate of drug-likeness (QED) is 0.460. The van der Waals surface area contributed by atoms with Gasteiger partial charge >= 0.3 is 0 Å². The summed E-state index contributed by atoms with van der Waals surface area (Å²) in [6, 6.07) is 20.9. The minimum absolute atomic E-state index is 0.825.